The highest BCUT2D eigenvalue weighted by Gasteiger charge is 2.33. The number of para-hydroxylation sites is 1. The van der Waals surface area contributed by atoms with Crippen molar-refractivity contribution in [2.24, 2.45) is 0 Å². The van der Waals surface area contributed by atoms with Crippen molar-refractivity contribution >= 4 is 23.2 Å². The van der Waals surface area contributed by atoms with Crippen molar-refractivity contribution in [1.82, 2.24) is 5.32 Å². The first kappa shape index (κ1) is 16.1. The van der Waals surface area contributed by atoms with Crippen LogP contribution in [0.4, 0.5) is 11.4 Å². The summed E-state index contributed by atoms with van der Waals surface area (Å²) in [5.41, 5.74) is 2.46. The van der Waals surface area contributed by atoms with E-state index < -0.39 is 6.04 Å². The Kier molecular flexibility index (Phi) is 4.51. The summed E-state index contributed by atoms with van der Waals surface area (Å²) in [6, 6.07) is 16.4. The highest BCUT2D eigenvalue weighted by molar-refractivity contribution is 6.03. The molecule has 0 unspecified atom stereocenters. The molecule has 1 atom stereocenters. The molecule has 1 N–H and O–H groups in total. The molecule has 1 saturated heterocycles. The maximum absolute atomic E-state index is 12.5. The van der Waals surface area contributed by atoms with Crippen LogP contribution >= 0.6 is 0 Å². The van der Waals surface area contributed by atoms with E-state index in [1.807, 2.05) is 61.5 Å². The van der Waals surface area contributed by atoms with Gasteiger partial charge in [-0.1, -0.05) is 18.2 Å². The van der Waals surface area contributed by atoms with Gasteiger partial charge in [-0.3, -0.25) is 9.59 Å². The lowest BCUT2D eigenvalue weighted by Crippen LogP contribution is -2.41. The molecule has 0 saturated carbocycles. The fourth-order valence-electron chi connectivity index (χ4n) is 2.83. The van der Waals surface area contributed by atoms with Crippen LogP contribution in [0.2, 0.25) is 0 Å². The number of nitrogens with zero attached hydrogens (tertiary/aromatic N) is 2. The van der Waals surface area contributed by atoms with Crippen LogP contribution in [0.1, 0.15) is 16.8 Å². The second-order valence-corrected chi connectivity index (χ2v) is 6.08. The molecule has 5 heteroatoms. The number of carbonyl (C=O) groups excluding carboxylic acids is 2. The highest BCUT2D eigenvalue weighted by Crippen LogP contribution is 2.21. The second kappa shape index (κ2) is 6.74. The summed E-state index contributed by atoms with van der Waals surface area (Å²) >= 11 is 0. The van der Waals surface area contributed by atoms with Crippen LogP contribution in [0, 0.1) is 0 Å². The van der Waals surface area contributed by atoms with E-state index in [0.29, 0.717) is 18.5 Å². The minimum atomic E-state index is -0.466. The predicted octanol–water partition coefficient (Wildman–Crippen LogP) is 2.29. The van der Waals surface area contributed by atoms with E-state index >= 15 is 0 Å². The molecule has 0 bridgehead atoms. The van der Waals surface area contributed by atoms with Crippen LogP contribution in [0.25, 0.3) is 0 Å². The second-order valence-electron chi connectivity index (χ2n) is 6.08. The molecule has 0 aliphatic carbocycles. The van der Waals surface area contributed by atoms with Gasteiger partial charge in [0.15, 0.2) is 0 Å². The van der Waals surface area contributed by atoms with Gasteiger partial charge in [0.25, 0.3) is 5.91 Å². The molecule has 0 aromatic heterocycles. The summed E-state index contributed by atoms with van der Waals surface area (Å²) < 4.78 is 0. The monoisotopic (exact) mass is 323 g/mol. The van der Waals surface area contributed by atoms with Gasteiger partial charge in [0.1, 0.15) is 6.04 Å². The topological polar surface area (TPSA) is 52.7 Å². The number of amides is 2. The number of anilines is 2. The predicted molar refractivity (Wildman–Crippen MR) is 95.4 cm³/mol. The Labute approximate surface area is 141 Å². The van der Waals surface area contributed by atoms with Gasteiger partial charge in [0.05, 0.1) is 0 Å². The number of benzene rings is 2. The van der Waals surface area contributed by atoms with Crippen molar-refractivity contribution in [3.05, 3.63) is 60.2 Å². The molecule has 124 valence electrons. The fourth-order valence-corrected chi connectivity index (χ4v) is 2.83. The van der Waals surface area contributed by atoms with E-state index in [1.54, 1.807) is 17.0 Å². The van der Waals surface area contributed by atoms with Crippen molar-refractivity contribution in [2.75, 3.05) is 30.4 Å². The van der Waals surface area contributed by atoms with Crippen molar-refractivity contribution < 1.29 is 9.59 Å². The zero-order valence-corrected chi connectivity index (χ0v) is 13.9. The summed E-state index contributed by atoms with van der Waals surface area (Å²) in [5, 5.41) is 2.85. The van der Waals surface area contributed by atoms with E-state index in [-0.39, 0.29) is 11.8 Å². The zero-order valence-electron chi connectivity index (χ0n) is 13.9. The van der Waals surface area contributed by atoms with Crippen LogP contribution in [0.3, 0.4) is 0 Å². The number of rotatable bonds is 4. The zero-order chi connectivity index (χ0) is 17.1. The molecule has 1 aliphatic rings. The van der Waals surface area contributed by atoms with Crippen molar-refractivity contribution in [3.63, 3.8) is 0 Å². The summed E-state index contributed by atoms with van der Waals surface area (Å²) in [5.74, 6) is -0.270. The summed E-state index contributed by atoms with van der Waals surface area (Å²) in [7, 11) is 3.90. The summed E-state index contributed by atoms with van der Waals surface area (Å²) in [6.07, 6.45) is 0.620. The molecule has 2 aromatic carbocycles. The number of hydrogen-bond acceptors (Lipinski definition) is 3. The van der Waals surface area contributed by atoms with Gasteiger partial charge in [-0.15, -0.1) is 0 Å². The lowest BCUT2D eigenvalue weighted by atomic mass is 10.1. The van der Waals surface area contributed by atoms with Crippen molar-refractivity contribution in [1.29, 1.82) is 0 Å². The molecular formula is C19H21N3O2. The minimum Gasteiger partial charge on any atom is -0.378 e. The number of nitrogens with one attached hydrogen (secondary N) is 1. The van der Waals surface area contributed by atoms with Gasteiger partial charge in [-0.25, -0.2) is 0 Å². The summed E-state index contributed by atoms with van der Waals surface area (Å²) in [6.45, 7) is 0.618. The fraction of sp³-hybridized carbons (Fsp3) is 0.263. The molecule has 2 amide bonds. The van der Waals surface area contributed by atoms with E-state index in [0.717, 1.165) is 11.4 Å². The van der Waals surface area contributed by atoms with Crippen LogP contribution in [0.5, 0.6) is 0 Å². The average Bonchev–Trinajstić information content (AvgIpc) is 2.96. The third-order valence-corrected chi connectivity index (χ3v) is 4.22. The molecule has 24 heavy (non-hydrogen) atoms. The third kappa shape index (κ3) is 3.25. The third-order valence-electron chi connectivity index (χ3n) is 4.22. The Morgan fingerprint density at radius 2 is 1.75 bits per heavy atom. The molecular weight excluding hydrogens is 302 g/mol. The molecule has 1 fully saturated rings. The van der Waals surface area contributed by atoms with Crippen molar-refractivity contribution in [3.8, 4) is 0 Å². The average molecular weight is 323 g/mol. The first-order chi connectivity index (χ1) is 11.6. The Morgan fingerprint density at radius 3 is 2.38 bits per heavy atom. The molecule has 5 nitrogen and oxygen atoms in total. The SMILES string of the molecule is CN(C)c1ccc(C(=O)N[C@H]2CCN(c3ccccc3)C2=O)cc1. The molecule has 0 spiro atoms. The number of hydrogen-bond donors (Lipinski definition) is 1. The minimum absolute atomic E-state index is 0.0561. The van der Waals surface area contributed by atoms with Gasteiger partial charge < -0.3 is 15.1 Å². The Balaban J connectivity index is 1.66. The van der Waals surface area contributed by atoms with E-state index in [4.69, 9.17) is 0 Å². The first-order valence-corrected chi connectivity index (χ1v) is 8.01. The summed E-state index contributed by atoms with van der Waals surface area (Å²) in [4.78, 5) is 28.6. The number of carbonyl (C=O) groups is 2. The van der Waals surface area contributed by atoms with E-state index in [9.17, 15) is 9.59 Å². The Morgan fingerprint density at radius 1 is 1.08 bits per heavy atom. The standard InChI is InChI=1S/C19H21N3O2/c1-21(2)15-10-8-14(9-11-15)18(23)20-17-12-13-22(19(17)24)16-6-4-3-5-7-16/h3-11,17H,12-13H2,1-2H3,(H,20,23)/t17-/m0/s1. The first-order valence-electron chi connectivity index (χ1n) is 8.01. The van der Waals surface area contributed by atoms with E-state index in [2.05, 4.69) is 5.32 Å². The Hall–Kier alpha value is -2.82. The van der Waals surface area contributed by atoms with Crippen LogP contribution in [-0.2, 0) is 4.79 Å². The lowest BCUT2D eigenvalue weighted by molar-refractivity contribution is -0.118. The van der Waals surface area contributed by atoms with Gasteiger partial charge in [0.2, 0.25) is 5.91 Å². The lowest BCUT2D eigenvalue weighted by Gasteiger charge is -2.17. The van der Waals surface area contributed by atoms with Crippen LogP contribution in [0.15, 0.2) is 54.6 Å². The molecule has 1 aliphatic heterocycles. The van der Waals surface area contributed by atoms with Gasteiger partial charge in [-0.2, -0.15) is 0 Å². The van der Waals surface area contributed by atoms with Gasteiger partial charge in [0, 0.05) is 37.6 Å². The molecule has 2 aromatic rings. The van der Waals surface area contributed by atoms with Gasteiger partial charge >= 0.3 is 0 Å². The molecule has 1 heterocycles. The normalized spacial score (nSPS) is 17.0. The largest absolute Gasteiger partial charge is 0.378 e. The molecule has 0 radical (unpaired) electrons. The maximum Gasteiger partial charge on any atom is 0.251 e. The Bertz CT molecular complexity index is 726. The highest BCUT2D eigenvalue weighted by atomic mass is 16.2. The van der Waals surface area contributed by atoms with Crippen LogP contribution < -0.4 is 15.1 Å². The quantitative estimate of drug-likeness (QED) is 0.939. The smallest absolute Gasteiger partial charge is 0.251 e. The van der Waals surface area contributed by atoms with Gasteiger partial charge in [-0.05, 0) is 42.8 Å². The molecule has 3 rings (SSSR count). The van der Waals surface area contributed by atoms with Crippen molar-refractivity contribution in [2.45, 2.75) is 12.5 Å². The van der Waals surface area contributed by atoms with Crippen LogP contribution in [-0.4, -0.2) is 38.5 Å². The van der Waals surface area contributed by atoms with E-state index in [1.165, 1.54) is 0 Å². The maximum atomic E-state index is 12.5.